The molecule has 0 spiro atoms. The van der Waals surface area contributed by atoms with Gasteiger partial charge in [-0.2, -0.15) is 0 Å². The summed E-state index contributed by atoms with van der Waals surface area (Å²) in [5, 5.41) is 8.74. The Morgan fingerprint density at radius 1 is 1.18 bits per heavy atom. The van der Waals surface area contributed by atoms with Gasteiger partial charge in [0.1, 0.15) is 0 Å². The molecule has 0 unspecified atom stereocenters. The lowest BCUT2D eigenvalue weighted by molar-refractivity contribution is 0.518. The fraction of sp³-hybridized carbons (Fsp3) is 0.450. The molecule has 0 saturated heterocycles. The number of hydrogen-bond donors (Lipinski definition) is 3. The van der Waals surface area contributed by atoms with E-state index in [1.54, 1.807) is 30.5 Å². The van der Waals surface area contributed by atoms with Gasteiger partial charge in [0.15, 0.2) is 5.96 Å². The van der Waals surface area contributed by atoms with Gasteiger partial charge < -0.3 is 10.6 Å². The zero-order chi connectivity index (χ0) is 20.2. The van der Waals surface area contributed by atoms with Crippen molar-refractivity contribution in [2.75, 3.05) is 13.6 Å². The highest BCUT2D eigenvalue weighted by molar-refractivity contribution is 7.89. The van der Waals surface area contributed by atoms with Gasteiger partial charge in [-0.05, 0) is 42.0 Å². The van der Waals surface area contributed by atoms with E-state index in [4.69, 9.17) is 0 Å². The molecule has 1 aliphatic carbocycles. The standard InChI is InChI=1S/C20H28N4O2S2/c1-20(2,18-5-4-12-27-18)14-23-19(21-3)22-13-15-6-10-17(11-7-15)28(25,26)24-16-8-9-16/h4-7,10-12,16,24H,8-9,13-14H2,1-3H3,(H2,21,22,23). The highest BCUT2D eigenvalue weighted by Crippen LogP contribution is 2.26. The largest absolute Gasteiger partial charge is 0.356 e. The van der Waals surface area contributed by atoms with E-state index in [1.165, 1.54) is 4.88 Å². The van der Waals surface area contributed by atoms with Crippen LogP contribution in [-0.4, -0.2) is 34.0 Å². The van der Waals surface area contributed by atoms with Crippen molar-refractivity contribution in [1.29, 1.82) is 0 Å². The molecule has 2 aromatic rings. The van der Waals surface area contributed by atoms with Crippen LogP contribution >= 0.6 is 11.3 Å². The summed E-state index contributed by atoms with van der Waals surface area (Å²) < 4.78 is 27.2. The Balaban J connectivity index is 1.52. The molecule has 1 saturated carbocycles. The molecule has 1 heterocycles. The number of aliphatic imine (C=N–C) groups is 1. The maximum absolute atomic E-state index is 12.2. The van der Waals surface area contributed by atoms with Crippen molar-refractivity contribution in [3.63, 3.8) is 0 Å². The normalized spacial score (nSPS) is 15.5. The third-order valence-electron chi connectivity index (χ3n) is 4.70. The fourth-order valence-electron chi connectivity index (χ4n) is 2.74. The molecule has 8 heteroatoms. The van der Waals surface area contributed by atoms with E-state index in [1.807, 2.05) is 12.1 Å². The first-order chi connectivity index (χ1) is 13.3. The van der Waals surface area contributed by atoms with Crippen molar-refractivity contribution in [1.82, 2.24) is 15.4 Å². The summed E-state index contributed by atoms with van der Waals surface area (Å²) in [5.41, 5.74) is 1.00. The number of guanidine groups is 1. The molecule has 0 bridgehead atoms. The Bertz CT molecular complexity index is 900. The second-order valence-electron chi connectivity index (χ2n) is 7.68. The molecule has 0 radical (unpaired) electrons. The maximum Gasteiger partial charge on any atom is 0.240 e. The van der Waals surface area contributed by atoms with Crippen LogP contribution in [0, 0.1) is 0 Å². The van der Waals surface area contributed by atoms with Crippen LogP contribution in [0.3, 0.4) is 0 Å². The minimum absolute atomic E-state index is 0.0103. The van der Waals surface area contributed by atoms with Gasteiger partial charge in [0.05, 0.1) is 4.90 Å². The molecule has 1 aromatic carbocycles. The Morgan fingerprint density at radius 2 is 1.89 bits per heavy atom. The van der Waals surface area contributed by atoms with Crippen LogP contribution in [0.5, 0.6) is 0 Å². The number of sulfonamides is 1. The topological polar surface area (TPSA) is 82.6 Å². The van der Waals surface area contributed by atoms with Gasteiger partial charge in [-0.3, -0.25) is 4.99 Å². The lowest BCUT2D eigenvalue weighted by atomic mass is 9.91. The van der Waals surface area contributed by atoms with E-state index >= 15 is 0 Å². The third-order valence-corrected chi connectivity index (χ3v) is 7.47. The van der Waals surface area contributed by atoms with Crippen molar-refractivity contribution in [3.8, 4) is 0 Å². The second-order valence-corrected chi connectivity index (χ2v) is 10.3. The monoisotopic (exact) mass is 420 g/mol. The fourth-order valence-corrected chi connectivity index (χ4v) is 4.89. The summed E-state index contributed by atoms with van der Waals surface area (Å²) in [6.07, 6.45) is 1.85. The lowest BCUT2D eigenvalue weighted by Gasteiger charge is -2.25. The number of benzene rings is 1. The van der Waals surface area contributed by atoms with E-state index in [0.29, 0.717) is 11.4 Å². The number of rotatable bonds is 8. The van der Waals surface area contributed by atoms with Gasteiger partial charge in [0.25, 0.3) is 0 Å². The molecule has 152 valence electrons. The van der Waals surface area contributed by atoms with E-state index in [9.17, 15) is 8.42 Å². The molecule has 6 nitrogen and oxygen atoms in total. The van der Waals surface area contributed by atoms with Crippen LogP contribution in [0.1, 0.15) is 37.1 Å². The van der Waals surface area contributed by atoms with E-state index in [-0.39, 0.29) is 11.5 Å². The van der Waals surface area contributed by atoms with E-state index in [2.05, 4.69) is 51.7 Å². The number of hydrogen-bond acceptors (Lipinski definition) is 4. The van der Waals surface area contributed by atoms with Crippen molar-refractivity contribution >= 4 is 27.3 Å². The minimum Gasteiger partial charge on any atom is -0.356 e. The highest BCUT2D eigenvalue weighted by Gasteiger charge is 2.27. The quantitative estimate of drug-likeness (QED) is 0.453. The molecule has 0 aliphatic heterocycles. The lowest BCUT2D eigenvalue weighted by Crippen LogP contribution is -2.42. The van der Waals surface area contributed by atoms with E-state index in [0.717, 1.165) is 30.9 Å². The SMILES string of the molecule is CN=C(NCc1ccc(S(=O)(=O)NC2CC2)cc1)NCC(C)(C)c1cccs1. The zero-order valence-corrected chi connectivity index (χ0v) is 18.2. The van der Waals surface area contributed by atoms with Gasteiger partial charge in [-0.25, -0.2) is 13.1 Å². The van der Waals surface area contributed by atoms with Gasteiger partial charge in [-0.1, -0.05) is 32.0 Å². The Hall–Kier alpha value is -1.90. The third kappa shape index (κ3) is 5.56. The average molecular weight is 421 g/mol. The molecule has 3 N–H and O–H groups in total. The molecule has 0 amide bonds. The van der Waals surface area contributed by atoms with Gasteiger partial charge in [-0.15, -0.1) is 11.3 Å². The molecule has 1 aromatic heterocycles. The maximum atomic E-state index is 12.2. The summed E-state index contributed by atoms with van der Waals surface area (Å²) in [5.74, 6) is 0.719. The molecule has 0 atom stereocenters. The van der Waals surface area contributed by atoms with Crippen LogP contribution in [0.15, 0.2) is 51.7 Å². The van der Waals surface area contributed by atoms with Crippen LogP contribution in [0.25, 0.3) is 0 Å². The molecular formula is C20H28N4O2S2. The predicted molar refractivity (Wildman–Crippen MR) is 115 cm³/mol. The van der Waals surface area contributed by atoms with E-state index < -0.39 is 10.0 Å². The highest BCUT2D eigenvalue weighted by atomic mass is 32.2. The van der Waals surface area contributed by atoms with Crippen molar-refractivity contribution in [2.24, 2.45) is 4.99 Å². The second kappa shape index (κ2) is 8.63. The summed E-state index contributed by atoms with van der Waals surface area (Å²) in [6, 6.07) is 11.3. The summed E-state index contributed by atoms with van der Waals surface area (Å²) in [7, 11) is -1.66. The number of nitrogens with zero attached hydrogens (tertiary/aromatic N) is 1. The Morgan fingerprint density at radius 3 is 2.46 bits per heavy atom. The van der Waals surface area contributed by atoms with Gasteiger partial charge in [0, 0.05) is 36.5 Å². The first kappa shape index (κ1) is 20.8. The van der Waals surface area contributed by atoms with Crippen molar-refractivity contribution in [2.45, 2.75) is 49.6 Å². The Kier molecular flexibility index (Phi) is 6.42. The van der Waals surface area contributed by atoms with Crippen LogP contribution in [0.4, 0.5) is 0 Å². The van der Waals surface area contributed by atoms with Crippen LogP contribution in [-0.2, 0) is 22.0 Å². The predicted octanol–water partition coefficient (Wildman–Crippen LogP) is 2.83. The summed E-state index contributed by atoms with van der Waals surface area (Å²) in [4.78, 5) is 5.91. The first-order valence-corrected chi connectivity index (χ1v) is 11.8. The minimum atomic E-state index is -3.40. The first-order valence-electron chi connectivity index (χ1n) is 9.40. The molecule has 1 aliphatic rings. The molecule has 3 rings (SSSR count). The average Bonchev–Trinajstić information content (AvgIpc) is 3.28. The zero-order valence-electron chi connectivity index (χ0n) is 16.5. The van der Waals surface area contributed by atoms with Crippen LogP contribution < -0.4 is 15.4 Å². The van der Waals surface area contributed by atoms with Gasteiger partial charge in [0.2, 0.25) is 10.0 Å². The summed E-state index contributed by atoms with van der Waals surface area (Å²) >= 11 is 1.76. The molecule has 1 fully saturated rings. The van der Waals surface area contributed by atoms with Crippen molar-refractivity contribution < 1.29 is 8.42 Å². The van der Waals surface area contributed by atoms with Gasteiger partial charge >= 0.3 is 0 Å². The van der Waals surface area contributed by atoms with Crippen LogP contribution in [0.2, 0.25) is 0 Å². The Labute approximate surface area is 171 Å². The molecular weight excluding hydrogens is 392 g/mol. The van der Waals surface area contributed by atoms with Crippen molar-refractivity contribution in [3.05, 3.63) is 52.2 Å². The number of nitrogens with one attached hydrogen (secondary N) is 3. The summed E-state index contributed by atoms with van der Waals surface area (Å²) in [6.45, 7) is 5.73. The smallest absolute Gasteiger partial charge is 0.240 e. The molecule has 28 heavy (non-hydrogen) atoms. The number of thiophene rings is 1.